The number of benzene rings is 1. The number of urea groups is 1. The van der Waals surface area contributed by atoms with E-state index in [9.17, 15) is 9.18 Å². The first-order valence-electron chi connectivity index (χ1n) is 8.00. The number of nitrogens with zero attached hydrogens (tertiary/aromatic N) is 3. The number of aryl methyl sites for hydroxylation is 1. The summed E-state index contributed by atoms with van der Waals surface area (Å²) in [5, 5.41) is 5.64. The maximum Gasteiger partial charge on any atom is 0.321 e. The summed E-state index contributed by atoms with van der Waals surface area (Å²) in [5.74, 6) is -0.299. The van der Waals surface area contributed by atoms with E-state index in [4.69, 9.17) is 0 Å². The second-order valence-corrected chi connectivity index (χ2v) is 7.07. The molecule has 1 saturated heterocycles. The largest absolute Gasteiger partial charge is 0.369 e. The van der Waals surface area contributed by atoms with E-state index in [1.54, 1.807) is 30.5 Å². The van der Waals surface area contributed by atoms with Gasteiger partial charge in [-0.05, 0) is 38.0 Å². The molecule has 0 bridgehead atoms. The van der Waals surface area contributed by atoms with Crippen molar-refractivity contribution in [1.82, 2.24) is 9.88 Å². The van der Waals surface area contributed by atoms with Crippen LogP contribution in [0.2, 0.25) is 0 Å². The number of hydrogen-bond donors (Lipinski definition) is 1. The van der Waals surface area contributed by atoms with E-state index in [0.29, 0.717) is 17.9 Å². The molecule has 3 rings (SSSR count). The predicted octanol–water partition coefficient (Wildman–Crippen LogP) is 3.85. The van der Waals surface area contributed by atoms with E-state index in [1.807, 2.05) is 17.2 Å². The lowest BCUT2D eigenvalue weighted by Crippen LogP contribution is -2.31. The van der Waals surface area contributed by atoms with Crippen molar-refractivity contribution in [2.45, 2.75) is 26.3 Å². The van der Waals surface area contributed by atoms with Crippen LogP contribution in [0.25, 0.3) is 0 Å². The van der Waals surface area contributed by atoms with Gasteiger partial charge in [0.05, 0.1) is 22.9 Å². The maximum atomic E-state index is 14.3. The lowest BCUT2D eigenvalue weighted by molar-refractivity contribution is 0.220. The summed E-state index contributed by atoms with van der Waals surface area (Å²) in [4.78, 5) is 20.1. The molecule has 1 N–H and O–H groups in total. The van der Waals surface area contributed by atoms with Crippen LogP contribution in [-0.2, 0) is 6.54 Å². The summed E-state index contributed by atoms with van der Waals surface area (Å²) in [6.45, 7) is 4.13. The van der Waals surface area contributed by atoms with Crippen LogP contribution in [0.4, 0.5) is 20.6 Å². The van der Waals surface area contributed by atoms with E-state index in [1.165, 1.54) is 11.0 Å². The van der Waals surface area contributed by atoms with Crippen molar-refractivity contribution < 1.29 is 9.18 Å². The number of anilines is 2. The van der Waals surface area contributed by atoms with E-state index >= 15 is 0 Å². The topological polar surface area (TPSA) is 48.5 Å². The molecule has 2 heterocycles. The molecule has 5 nitrogen and oxygen atoms in total. The number of nitrogens with one attached hydrogen (secondary N) is 1. The molecule has 0 aliphatic carbocycles. The van der Waals surface area contributed by atoms with Gasteiger partial charge >= 0.3 is 6.03 Å². The Morgan fingerprint density at radius 3 is 2.79 bits per heavy atom. The molecule has 1 fully saturated rings. The average Bonchev–Trinajstić information content (AvgIpc) is 3.19. The number of thiazole rings is 1. The van der Waals surface area contributed by atoms with Crippen LogP contribution in [0.5, 0.6) is 0 Å². The Labute approximate surface area is 145 Å². The number of hydrogen-bond acceptors (Lipinski definition) is 4. The minimum atomic E-state index is -0.299. The molecule has 1 aliphatic rings. The molecule has 1 aromatic carbocycles. The molecular formula is C17H21FN4OS. The fourth-order valence-corrected chi connectivity index (χ4v) is 3.42. The van der Waals surface area contributed by atoms with Crippen molar-refractivity contribution in [2.75, 3.05) is 30.4 Å². The summed E-state index contributed by atoms with van der Waals surface area (Å²) < 4.78 is 14.3. The Bertz CT molecular complexity index is 727. The Morgan fingerprint density at radius 2 is 2.17 bits per heavy atom. The number of aromatic nitrogens is 1. The lowest BCUT2D eigenvalue weighted by Gasteiger charge is -2.20. The van der Waals surface area contributed by atoms with Gasteiger partial charge < -0.3 is 15.1 Å². The summed E-state index contributed by atoms with van der Waals surface area (Å²) >= 11 is 1.55. The third-order valence-electron chi connectivity index (χ3n) is 4.06. The van der Waals surface area contributed by atoms with Gasteiger partial charge in [0.2, 0.25) is 0 Å². The summed E-state index contributed by atoms with van der Waals surface area (Å²) in [5.41, 5.74) is 1.92. The fourth-order valence-electron chi connectivity index (χ4n) is 2.81. The summed E-state index contributed by atoms with van der Waals surface area (Å²) in [6, 6.07) is 4.58. The van der Waals surface area contributed by atoms with Crippen LogP contribution >= 0.6 is 11.3 Å². The zero-order chi connectivity index (χ0) is 17.1. The van der Waals surface area contributed by atoms with Crippen LogP contribution in [-0.4, -0.2) is 36.1 Å². The molecule has 2 aromatic rings. The molecule has 0 radical (unpaired) electrons. The van der Waals surface area contributed by atoms with E-state index < -0.39 is 0 Å². The second kappa shape index (κ2) is 7.17. The van der Waals surface area contributed by atoms with Crippen molar-refractivity contribution in [2.24, 2.45) is 0 Å². The van der Waals surface area contributed by atoms with Crippen LogP contribution in [0.3, 0.4) is 0 Å². The molecule has 0 atom stereocenters. The third-order valence-corrected chi connectivity index (χ3v) is 4.88. The number of carbonyl (C=O) groups excluding carboxylic acids is 1. The van der Waals surface area contributed by atoms with E-state index in [2.05, 4.69) is 10.3 Å². The van der Waals surface area contributed by atoms with Gasteiger partial charge in [0.1, 0.15) is 5.82 Å². The molecule has 1 aromatic heterocycles. The predicted molar refractivity (Wildman–Crippen MR) is 95.2 cm³/mol. The molecular weight excluding hydrogens is 327 g/mol. The standard InChI is InChI=1S/C17H21FN4OS/c1-12-19-14(11-24-12)10-21(2)17(23)20-13-5-6-16(15(18)9-13)22-7-3-4-8-22/h5-6,9,11H,3-4,7-8,10H2,1-2H3,(H,20,23). The lowest BCUT2D eigenvalue weighted by atomic mass is 10.2. The van der Waals surface area contributed by atoms with Gasteiger partial charge in [0.25, 0.3) is 0 Å². The molecule has 0 saturated carbocycles. The first kappa shape index (κ1) is 16.7. The highest BCUT2D eigenvalue weighted by Gasteiger charge is 2.17. The molecule has 7 heteroatoms. The molecule has 0 unspecified atom stereocenters. The number of rotatable bonds is 4. The van der Waals surface area contributed by atoms with Gasteiger partial charge in [-0.2, -0.15) is 0 Å². The van der Waals surface area contributed by atoms with E-state index in [-0.39, 0.29) is 11.8 Å². The van der Waals surface area contributed by atoms with Gasteiger partial charge in [0.15, 0.2) is 0 Å². The van der Waals surface area contributed by atoms with Crippen molar-refractivity contribution >= 4 is 28.7 Å². The Morgan fingerprint density at radius 1 is 1.42 bits per heavy atom. The Kier molecular flexibility index (Phi) is 4.99. The van der Waals surface area contributed by atoms with Crippen LogP contribution < -0.4 is 10.2 Å². The minimum Gasteiger partial charge on any atom is -0.369 e. The van der Waals surface area contributed by atoms with Crippen molar-refractivity contribution in [3.05, 3.63) is 40.1 Å². The quantitative estimate of drug-likeness (QED) is 0.913. The highest BCUT2D eigenvalue weighted by Crippen LogP contribution is 2.26. The third kappa shape index (κ3) is 3.84. The van der Waals surface area contributed by atoms with Crippen LogP contribution in [0, 0.1) is 12.7 Å². The molecule has 24 heavy (non-hydrogen) atoms. The van der Waals surface area contributed by atoms with Gasteiger partial charge in [-0.25, -0.2) is 14.2 Å². The number of carbonyl (C=O) groups is 1. The molecule has 0 spiro atoms. The maximum absolute atomic E-state index is 14.3. The smallest absolute Gasteiger partial charge is 0.321 e. The van der Waals surface area contributed by atoms with Gasteiger partial charge in [-0.1, -0.05) is 0 Å². The summed E-state index contributed by atoms with van der Waals surface area (Å²) in [6.07, 6.45) is 2.19. The second-order valence-electron chi connectivity index (χ2n) is 6.00. The fraction of sp³-hybridized carbons (Fsp3) is 0.412. The summed E-state index contributed by atoms with van der Waals surface area (Å²) in [7, 11) is 1.69. The van der Waals surface area contributed by atoms with Crippen molar-refractivity contribution in [1.29, 1.82) is 0 Å². The van der Waals surface area contributed by atoms with E-state index in [0.717, 1.165) is 36.6 Å². The Hall–Kier alpha value is -2.15. The zero-order valence-corrected chi connectivity index (χ0v) is 14.7. The number of amides is 2. The van der Waals surface area contributed by atoms with Gasteiger partial charge in [-0.15, -0.1) is 11.3 Å². The van der Waals surface area contributed by atoms with Crippen molar-refractivity contribution in [3.8, 4) is 0 Å². The number of halogens is 1. The first-order valence-corrected chi connectivity index (χ1v) is 8.88. The minimum absolute atomic E-state index is 0.283. The first-order chi connectivity index (χ1) is 11.5. The SMILES string of the molecule is Cc1nc(CN(C)C(=O)Nc2ccc(N3CCCC3)c(F)c2)cs1. The van der Waals surface area contributed by atoms with Gasteiger partial charge in [-0.3, -0.25) is 0 Å². The van der Waals surface area contributed by atoms with Crippen molar-refractivity contribution in [3.63, 3.8) is 0 Å². The Balaban J connectivity index is 1.62. The molecule has 2 amide bonds. The average molecular weight is 348 g/mol. The monoisotopic (exact) mass is 348 g/mol. The zero-order valence-electron chi connectivity index (χ0n) is 13.9. The molecule has 1 aliphatic heterocycles. The molecule has 128 valence electrons. The normalized spacial score (nSPS) is 14.0. The van der Waals surface area contributed by atoms with Crippen LogP contribution in [0.1, 0.15) is 23.5 Å². The highest BCUT2D eigenvalue weighted by atomic mass is 32.1. The van der Waals surface area contributed by atoms with Gasteiger partial charge in [0, 0.05) is 31.2 Å². The van der Waals surface area contributed by atoms with Crippen LogP contribution in [0.15, 0.2) is 23.6 Å². The highest BCUT2D eigenvalue weighted by molar-refractivity contribution is 7.09.